The zero-order chi connectivity index (χ0) is 16.7. The van der Waals surface area contributed by atoms with Crippen LogP contribution in [0, 0.1) is 0 Å². The van der Waals surface area contributed by atoms with Crippen LogP contribution in [-0.2, 0) is 6.54 Å². The van der Waals surface area contributed by atoms with E-state index >= 15 is 0 Å². The molecule has 0 bridgehead atoms. The van der Waals surface area contributed by atoms with Gasteiger partial charge in [0, 0.05) is 0 Å². The molecule has 2 aromatic heterocycles. The lowest BCUT2D eigenvalue weighted by Crippen LogP contribution is -2.42. The third-order valence-electron chi connectivity index (χ3n) is 4.12. The summed E-state index contributed by atoms with van der Waals surface area (Å²) in [6.45, 7) is 2.62. The summed E-state index contributed by atoms with van der Waals surface area (Å²) in [7, 11) is 0. The number of hydrogen-bond acceptors (Lipinski definition) is 3. The summed E-state index contributed by atoms with van der Waals surface area (Å²) < 4.78 is 4.41. The molecule has 0 unspecified atom stereocenters. The first-order chi connectivity index (χ1) is 11.7. The fraction of sp³-hybridized carbons (Fsp3) is 0.158. The Morgan fingerprint density at radius 1 is 1.08 bits per heavy atom. The summed E-state index contributed by atoms with van der Waals surface area (Å²) in [5.74, 6) is -0.209. The Morgan fingerprint density at radius 2 is 1.79 bits per heavy atom. The minimum atomic E-state index is -0.244. The van der Waals surface area contributed by atoms with Crippen LogP contribution in [-0.4, -0.2) is 4.40 Å². The minimum Gasteiger partial charge on any atom is -0.842 e. The highest BCUT2D eigenvalue weighted by Gasteiger charge is 2.23. The van der Waals surface area contributed by atoms with Crippen LogP contribution in [0.2, 0.25) is 0 Å². The van der Waals surface area contributed by atoms with Gasteiger partial charge in [-0.05, 0) is 35.5 Å². The molecule has 0 aliphatic heterocycles. The van der Waals surface area contributed by atoms with Gasteiger partial charge in [-0.2, -0.15) is 0 Å². The number of hydrogen-bond donors (Lipinski definition) is 0. The molecule has 24 heavy (non-hydrogen) atoms. The molecule has 0 aliphatic carbocycles. The van der Waals surface area contributed by atoms with Crippen LogP contribution in [0.25, 0.3) is 26.3 Å². The Morgan fingerprint density at radius 3 is 2.54 bits per heavy atom. The second kappa shape index (κ2) is 5.76. The van der Waals surface area contributed by atoms with Gasteiger partial charge in [-0.3, -0.25) is 0 Å². The maximum atomic E-state index is 13.1. The minimum absolute atomic E-state index is 0.209. The third-order valence-corrected chi connectivity index (χ3v) is 5.27. The second-order valence-electron chi connectivity index (χ2n) is 5.69. The van der Waals surface area contributed by atoms with Gasteiger partial charge in [0.1, 0.15) is 5.56 Å². The van der Waals surface area contributed by atoms with E-state index in [0.29, 0.717) is 17.1 Å². The van der Waals surface area contributed by atoms with Gasteiger partial charge in [-0.25, -0.2) is 9.36 Å². The highest BCUT2D eigenvalue weighted by molar-refractivity contribution is 7.23. The van der Waals surface area contributed by atoms with E-state index in [1.54, 1.807) is 8.97 Å². The van der Waals surface area contributed by atoms with Gasteiger partial charge in [-0.1, -0.05) is 49.4 Å². The molecule has 2 aromatic carbocycles. The van der Waals surface area contributed by atoms with Crippen molar-refractivity contribution in [3.8, 4) is 17.0 Å². The van der Waals surface area contributed by atoms with Crippen molar-refractivity contribution in [3.05, 3.63) is 65.0 Å². The van der Waals surface area contributed by atoms with Gasteiger partial charge in [0.2, 0.25) is 0 Å². The van der Waals surface area contributed by atoms with Crippen molar-refractivity contribution < 1.29 is 9.67 Å². The number of benzene rings is 2. The van der Waals surface area contributed by atoms with E-state index in [1.165, 1.54) is 11.3 Å². The molecule has 0 saturated carbocycles. The van der Waals surface area contributed by atoms with Crippen molar-refractivity contribution in [2.24, 2.45) is 0 Å². The third kappa shape index (κ3) is 2.12. The maximum absolute atomic E-state index is 13.1. The summed E-state index contributed by atoms with van der Waals surface area (Å²) in [5.41, 5.74) is 1.52. The molecule has 0 saturated heterocycles. The Labute approximate surface area is 142 Å². The zero-order valence-corrected chi connectivity index (χ0v) is 14.0. The Bertz CT molecular complexity index is 1100. The van der Waals surface area contributed by atoms with Crippen molar-refractivity contribution in [2.45, 2.75) is 19.9 Å². The van der Waals surface area contributed by atoms with E-state index in [1.807, 2.05) is 61.5 Å². The standard InChI is InChI=1S/C19H16N2O2S/c1-2-12-20-17(22)16(13-8-4-3-5-9-13)18(23)21-14-10-6-7-11-15(14)24-19(20)21/h3-11H,2,12H2,1H3. The topological polar surface area (TPSA) is 48.4 Å². The van der Waals surface area contributed by atoms with Crippen molar-refractivity contribution >= 4 is 26.5 Å². The molecule has 0 N–H and O–H groups in total. The number of para-hydroxylation sites is 1. The summed E-state index contributed by atoms with van der Waals surface area (Å²) in [6.07, 6.45) is 0.830. The molecule has 0 fully saturated rings. The van der Waals surface area contributed by atoms with Crippen LogP contribution in [0.4, 0.5) is 0 Å². The number of fused-ring (bicyclic) bond motifs is 3. The van der Waals surface area contributed by atoms with Crippen LogP contribution in [0.3, 0.4) is 0 Å². The molecule has 0 atom stereocenters. The average Bonchev–Trinajstić information content (AvgIpc) is 2.99. The van der Waals surface area contributed by atoms with Crippen LogP contribution < -0.4 is 15.2 Å². The summed E-state index contributed by atoms with van der Waals surface area (Å²) in [4.78, 5) is 13.8. The number of rotatable bonds is 3. The summed E-state index contributed by atoms with van der Waals surface area (Å²) in [6, 6.07) is 17.0. The van der Waals surface area contributed by atoms with Gasteiger partial charge in [0.15, 0.2) is 5.52 Å². The zero-order valence-electron chi connectivity index (χ0n) is 13.2. The van der Waals surface area contributed by atoms with Crippen LogP contribution in [0.5, 0.6) is 5.88 Å². The number of thiazole rings is 1. The van der Waals surface area contributed by atoms with Gasteiger partial charge >= 0.3 is 10.5 Å². The molecule has 5 heteroatoms. The lowest BCUT2D eigenvalue weighted by molar-refractivity contribution is -0.713. The molecule has 2 heterocycles. The van der Waals surface area contributed by atoms with E-state index in [-0.39, 0.29) is 17.0 Å². The van der Waals surface area contributed by atoms with Gasteiger partial charge in [0.05, 0.1) is 17.1 Å². The Kier molecular flexibility index (Phi) is 3.58. The Hall–Kier alpha value is -2.66. The van der Waals surface area contributed by atoms with E-state index < -0.39 is 0 Å². The number of aromatic nitrogens is 2. The molecule has 0 radical (unpaired) electrons. The molecule has 0 spiro atoms. The first-order valence-electron chi connectivity index (χ1n) is 7.95. The van der Waals surface area contributed by atoms with Gasteiger partial charge < -0.3 is 5.11 Å². The van der Waals surface area contributed by atoms with E-state index in [0.717, 1.165) is 16.6 Å². The van der Waals surface area contributed by atoms with Gasteiger partial charge in [-0.15, -0.1) is 4.40 Å². The van der Waals surface area contributed by atoms with Crippen molar-refractivity contribution in [1.29, 1.82) is 0 Å². The summed E-state index contributed by atoms with van der Waals surface area (Å²) in [5, 5.41) is 13.0. The molecule has 4 aromatic rings. The molecule has 4 nitrogen and oxygen atoms in total. The van der Waals surface area contributed by atoms with E-state index in [2.05, 4.69) is 0 Å². The normalized spacial score (nSPS) is 11.4. The fourth-order valence-corrected chi connectivity index (χ4v) is 4.21. The maximum Gasteiger partial charge on any atom is 0.350 e. The SMILES string of the molecule is CCC[n+]1c([O-])c(-c2ccccc2)c(=O)n2c3ccccc3sc21. The molecule has 120 valence electrons. The predicted molar refractivity (Wildman–Crippen MR) is 94.4 cm³/mol. The lowest BCUT2D eigenvalue weighted by atomic mass is 10.1. The predicted octanol–water partition coefficient (Wildman–Crippen LogP) is 2.95. The number of nitrogens with zero attached hydrogens (tertiary/aromatic N) is 2. The van der Waals surface area contributed by atoms with Gasteiger partial charge in [0.25, 0.3) is 0 Å². The molecule has 4 rings (SSSR count). The fourth-order valence-electron chi connectivity index (χ4n) is 3.04. The molecule has 0 amide bonds. The quantitative estimate of drug-likeness (QED) is 0.540. The van der Waals surface area contributed by atoms with Crippen LogP contribution in [0.15, 0.2) is 59.4 Å². The van der Waals surface area contributed by atoms with E-state index in [4.69, 9.17) is 0 Å². The summed E-state index contributed by atoms with van der Waals surface area (Å²) >= 11 is 1.49. The highest BCUT2D eigenvalue weighted by Crippen LogP contribution is 2.27. The molecule has 0 aliphatic rings. The average molecular weight is 336 g/mol. The lowest BCUT2D eigenvalue weighted by Gasteiger charge is -2.15. The van der Waals surface area contributed by atoms with Crippen molar-refractivity contribution in [2.75, 3.05) is 0 Å². The molecular formula is C19H16N2O2S. The largest absolute Gasteiger partial charge is 0.842 e. The number of aryl methyl sites for hydroxylation is 1. The smallest absolute Gasteiger partial charge is 0.350 e. The van der Waals surface area contributed by atoms with Crippen LogP contribution >= 0.6 is 11.3 Å². The van der Waals surface area contributed by atoms with E-state index in [9.17, 15) is 9.90 Å². The van der Waals surface area contributed by atoms with Crippen molar-refractivity contribution in [3.63, 3.8) is 0 Å². The molecular weight excluding hydrogens is 320 g/mol. The van der Waals surface area contributed by atoms with Crippen LogP contribution in [0.1, 0.15) is 13.3 Å². The van der Waals surface area contributed by atoms with Crippen molar-refractivity contribution in [1.82, 2.24) is 4.40 Å². The highest BCUT2D eigenvalue weighted by atomic mass is 32.1. The second-order valence-corrected chi connectivity index (χ2v) is 6.70. The first-order valence-corrected chi connectivity index (χ1v) is 8.76. The first kappa shape index (κ1) is 14.9. The Balaban J connectivity index is 2.21. The monoisotopic (exact) mass is 336 g/mol.